The summed E-state index contributed by atoms with van der Waals surface area (Å²) in [5.41, 5.74) is 0. The number of hydrogen-bond acceptors (Lipinski definition) is 2. The molecule has 0 spiro atoms. The molecule has 2 nitrogen and oxygen atoms in total. The zero-order valence-corrected chi connectivity index (χ0v) is 17.5. The van der Waals surface area contributed by atoms with Crippen molar-refractivity contribution in [3.63, 3.8) is 0 Å². The Bertz CT molecular complexity index is 673. The van der Waals surface area contributed by atoms with Crippen LogP contribution in [0.2, 0.25) is 0 Å². The predicted molar refractivity (Wildman–Crippen MR) is 107 cm³/mol. The molecule has 0 heterocycles. The molecule has 0 aliphatic heterocycles. The molecule has 0 saturated heterocycles. The maximum atomic E-state index is 7.00. The number of benzene rings is 2. The molecule has 3 heteroatoms. The van der Waals surface area contributed by atoms with Crippen LogP contribution in [0.15, 0.2) is 84.9 Å². The van der Waals surface area contributed by atoms with Gasteiger partial charge in [-0.05, 0) is 0 Å². The van der Waals surface area contributed by atoms with Gasteiger partial charge in [0.25, 0.3) is 0 Å². The molecule has 0 aliphatic rings. The van der Waals surface area contributed by atoms with E-state index >= 15 is 0 Å². The molecule has 2 N–H and O–H groups in total. The minimum atomic E-state index is 1.00. The normalized spacial score (nSPS) is 8.44. The van der Waals surface area contributed by atoms with Crippen molar-refractivity contribution in [2.75, 3.05) is 14.2 Å². The first-order chi connectivity index (χ1) is 12.3. The van der Waals surface area contributed by atoms with Crippen LogP contribution < -0.4 is 0 Å². The molecule has 0 atom stereocenters. The third-order valence-electron chi connectivity index (χ3n) is 3.10. The smallest absolute Gasteiger partial charge is 0.0809 e. The number of rotatable bonds is 0. The average molecular weight is 414 g/mol. The zero-order valence-electron chi connectivity index (χ0n) is 15.1. The van der Waals surface area contributed by atoms with Gasteiger partial charge in [-0.25, -0.2) is 0 Å². The topological polar surface area (TPSA) is 40.5 Å². The standard InChI is InChI=1S/2C9H7.C2H4.2CH4O.Zr/c2*1-2-5-9-7-3-6-8(9)4-1;3*1-2;/h2*1-7H;1H,2H3;2*2H,1H3;/q2*-1;;;;+2. The quantitative estimate of drug-likeness (QED) is 0.411. The second-order valence-electron chi connectivity index (χ2n) is 4.60. The zero-order chi connectivity index (χ0) is 18.9. The number of hydrogen-bond donors (Lipinski definition) is 2. The Morgan fingerprint density at radius 3 is 1.32 bits per heavy atom. The van der Waals surface area contributed by atoms with Crippen molar-refractivity contribution in [3.05, 3.63) is 84.9 Å². The van der Waals surface area contributed by atoms with Gasteiger partial charge in [0.15, 0.2) is 0 Å². The third-order valence-corrected chi connectivity index (χ3v) is 3.10. The summed E-state index contributed by atoms with van der Waals surface area (Å²) in [5.74, 6) is 0. The molecule has 0 aromatic heterocycles. The van der Waals surface area contributed by atoms with E-state index in [1.165, 1.54) is 45.8 Å². The van der Waals surface area contributed by atoms with Crippen LogP contribution in [0.3, 0.4) is 0 Å². The van der Waals surface area contributed by atoms with Crippen molar-refractivity contribution in [1.29, 1.82) is 0 Å². The predicted octanol–water partition coefficient (Wildman–Crippen LogP) is 4.69. The summed E-state index contributed by atoms with van der Waals surface area (Å²) in [7, 11) is 2.00. The maximum absolute atomic E-state index is 7.00. The van der Waals surface area contributed by atoms with E-state index in [4.69, 9.17) is 10.2 Å². The Labute approximate surface area is 165 Å². The van der Waals surface area contributed by atoms with Crippen molar-refractivity contribution < 1.29 is 34.4 Å². The van der Waals surface area contributed by atoms with E-state index in [0.29, 0.717) is 0 Å². The Hall–Kier alpha value is -1.67. The van der Waals surface area contributed by atoms with E-state index in [1.807, 2.05) is 6.92 Å². The number of aliphatic hydroxyl groups is 2. The van der Waals surface area contributed by atoms with Gasteiger partial charge in [-0.1, -0.05) is 12.1 Å². The van der Waals surface area contributed by atoms with Crippen molar-refractivity contribution in [2.45, 2.75) is 6.92 Å². The van der Waals surface area contributed by atoms with E-state index in [9.17, 15) is 0 Å². The molecule has 4 aromatic rings. The molecule has 4 aromatic carbocycles. The average Bonchev–Trinajstić information content (AvgIpc) is 3.35. The summed E-state index contributed by atoms with van der Waals surface area (Å²) in [6, 6.07) is 29.3. The molecular formula is C22H26O2Zr. The van der Waals surface area contributed by atoms with Gasteiger partial charge in [-0.3, -0.25) is 0 Å². The first kappa shape index (κ1) is 23.3. The first-order valence-electron chi connectivity index (χ1n) is 7.90. The monoisotopic (exact) mass is 412 g/mol. The Balaban J connectivity index is 0.000000343. The van der Waals surface area contributed by atoms with Crippen molar-refractivity contribution in [1.82, 2.24) is 0 Å². The minimum Gasteiger partial charge on any atom is -0.168 e. The van der Waals surface area contributed by atoms with E-state index in [-0.39, 0.29) is 0 Å². The molecule has 130 valence electrons. The third kappa shape index (κ3) is 8.83. The molecule has 0 fully saturated rings. The molecule has 0 amide bonds. The summed E-state index contributed by atoms with van der Waals surface area (Å²) < 4.78 is 2.09. The molecule has 25 heavy (non-hydrogen) atoms. The van der Waals surface area contributed by atoms with E-state index < -0.39 is 0 Å². The van der Waals surface area contributed by atoms with E-state index in [2.05, 4.69) is 88.6 Å². The van der Waals surface area contributed by atoms with Gasteiger partial charge in [-0.15, -0.1) is 59.3 Å². The fourth-order valence-corrected chi connectivity index (χ4v) is 2.14. The summed E-state index contributed by atoms with van der Waals surface area (Å²) in [5, 5.41) is 19.3. The van der Waals surface area contributed by atoms with Crippen LogP contribution in [0.5, 0.6) is 0 Å². The first-order valence-corrected chi connectivity index (χ1v) is 9.32. The van der Waals surface area contributed by atoms with Crippen LogP contribution in [0, 0.1) is 0 Å². The maximum Gasteiger partial charge on any atom is -0.0809 e. The van der Waals surface area contributed by atoms with Gasteiger partial charge in [0, 0.05) is 14.2 Å². The van der Waals surface area contributed by atoms with E-state index in [0.717, 1.165) is 14.2 Å². The van der Waals surface area contributed by atoms with E-state index in [1.54, 1.807) is 0 Å². The van der Waals surface area contributed by atoms with Crippen molar-refractivity contribution in [2.24, 2.45) is 0 Å². The van der Waals surface area contributed by atoms with Gasteiger partial charge in [0.05, 0.1) is 0 Å². The number of aliphatic hydroxyl groups excluding tert-OH is 2. The molecule has 0 saturated carbocycles. The molecular weight excluding hydrogens is 387 g/mol. The summed E-state index contributed by atoms with van der Waals surface area (Å²) in [6.07, 6.45) is 0. The van der Waals surface area contributed by atoms with Crippen molar-refractivity contribution in [3.8, 4) is 0 Å². The Morgan fingerprint density at radius 2 is 1.00 bits per heavy atom. The summed E-state index contributed by atoms with van der Waals surface area (Å²) >= 11 is 1.51. The minimum absolute atomic E-state index is 1.00. The molecule has 0 radical (unpaired) electrons. The summed E-state index contributed by atoms with van der Waals surface area (Å²) in [6.45, 7) is 2.04. The van der Waals surface area contributed by atoms with Gasteiger partial charge in [-0.2, -0.15) is 35.0 Å². The van der Waals surface area contributed by atoms with Gasteiger partial charge < -0.3 is 10.2 Å². The molecule has 0 aliphatic carbocycles. The van der Waals surface area contributed by atoms with Crippen LogP contribution in [0.25, 0.3) is 21.5 Å². The fraction of sp³-hybridized carbons (Fsp3) is 0.136. The van der Waals surface area contributed by atoms with Gasteiger partial charge >= 0.3 is 34.9 Å². The second kappa shape index (κ2) is 15.8. The van der Waals surface area contributed by atoms with Crippen LogP contribution in [-0.4, -0.2) is 28.1 Å². The van der Waals surface area contributed by atoms with Crippen molar-refractivity contribution >= 4 is 25.3 Å². The number of fused-ring (bicyclic) bond motifs is 2. The largest absolute Gasteiger partial charge is 0.168 e. The Morgan fingerprint density at radius 1 is 0.680 bits per heavy atom. The van der Waals surface area contributed by atoms with Crippen LogP contribution >= 0.6 is 0 Å². The van der Waals surface area contributed by atoms with Crippen LogP contribution in [0.1, 0.15) is 6.92 Å². The second-order valence-corrected chi connectivity index (χ2v) is 6.02. The van der Waals surface area contributed by atoms with Crippen LogP contribution in [0.4, 0.5) is 0 Å². The fourth-order valence-electron chi connectivity index (χ4n) is 2.14. The van der Waals surface area contributed by atoms with Gasteiger partial charge in [0.2, 0.25) is 0 Å². The molecule has 4 rings (SSSR count). The Kier molecular flexibility index (Phi) is 14.8. The van der Waals surface area contributed by atoms with Gasteiger partial charge in [0.1, 0.15) is 0 Å². The van der Waals surface area contributed by atoms with Crippen LogP contribution in [-0.2, 0) is 24.2 Å². The SMILES string of the molecule is CO.CO.C[CH]=[Zr+2].c1ccc2[cH-]ccc2c1.c1ccc2[cH-]ccc2c1. The molecule has 0 bridgehead atoms. The molecule has 0 unspecified atom stereocenters. The summed E-state index contributed by atoms with van der Waals surface area (Å²) in [4.78, 5) is 0.